The van der Waals surface area contributed by atoms with Gasteiger partial charge < -0.3 is 20.3 Å². The average Bonchev–Trinajstić information content (AvgIpc) is 3.53. The number of benzene rings is 2. The number of amides is 1. The van der Waals surface area contributed by atoms with Gasteiger partial charge in [0.25, 0.3) is 5.91 Å². The summed E-state index contributed by atoms with van der Waals surface area (Å²) in [5.74, 6) is -1.50. The van der Waals surface area contributed by atoms with Gasteiger partial charge in [0, 0.05) is 18.4 Å². The summed E-state index contributed by atoms with van der Waals surface area (Å²) in [6, 6.07) is 8.12. The highest BCUT2D eigenvalue weighted by atomic mass is 32.1. The number of anilines is 2. The van der Waals surface area contributed by atoms with Crippen LogP contribution in [-0.2, 0) is 11.0 Å². The molecule has 0 aliphatic heterocycles. The molecule has 1 saturated carbocycles. The molecule has 0 aromatic heterocycles. The Hall–Kier alpha value is -3.52. The molecule has 1 amide bonds. The van der Waals surface area contributed by atoms with Crippen LogP contribution in [-0.4, -0.2) is 29.9 Å². The van der Waals surface area contributed by atoms with Gasteiger partial charge in [-0.3, -0.25) is 4.79 Å². The maximum atomic E-state index is 14.5. The molecule has 2 aromatic rings. The SMILES string of the molecule is CNC(=O)c1ccc(N(C(=S)Nc2ccc(C#N)c(C(F)(F)F)c2)C2(C=O)CC2)cc1F. The largest absolute Gasteiger partial charge is 0.417 e. The first kappa shape index (κ1) is 23.1. The molecule has 1 fully saturated rings. The zero-order valence-electron chi connectivity index (χ0n) is 16.6. The molecule has 0 bridgehead atoms. The van der Waals surface area contributed by atoms with Crippen LogP contribution in [0, 0.1) is 17.1 Å². The summed E-state index contributed by atoms with van der Waals surface area (Å²) in [5, 5.41) is 13.7. The van der Waals surface area contributed by atoms with Gasteiger partial charge in [0.05, 0.1) is 22.8 Å². The normalized spacial score (nSPS) is 14.1. The molecule has 0 unspecified atom stereocenters. The maximum absolute atomic E-state index is 14.5. The van der Waals surface area contributed by atoms with Crippen molar-refractivity contribution in [3.8, 4) is 6.07 Å². The van der Waals surface area contributed by atoms with Gasteiger partial charge in [-0.15, -0.1) is 0 Å². The number of carbonyl (C=O) groups excluding carboxylic acids is 2. The molecule has 0 atom stereocenters. The standard InChI is InChI=1S/C21H16F4N4O2S/c1-27-18(31)15-5-4-14(9-17(15)22)29(20(11-30)6-7-20)19(32)28-13-3-2-12(10-26)16(8-13)21(23,24)25/h2-5,8-9,11H,6-7H2,1H3,(H,27,31)(H,28,32). The van der Waals surface area contributed by atoms with Crippen molar-refractivity contribution in [3.63, 3.8) is 0 Å². The fraction of sp³-hybridized carbons (Fsp3) is 0.238. The third-order valence-electron chi connectivity index (χ3n) is 5.01. The van der Waals surface area contributed by atoms with E-state index in [1.165, 1.54) is 36.2 Å². The van der Waals surface area contributed by atoms with Gasteiger partial charge in [-0.25, -0.2) is 4.39 Å². The number of alkyl halides is 3. The first-order valence-electron chi connectivity index (χ1n) is 9.27. The zero-order chi connectivity index (χ0) is 23.7. The lowest BCUT2D eigenvalue weighted by Crippen LogP contribution is -2.46. The fourth-order valence-corrected chi connectivity index (χ4v) is 3.60. The van der Waals surface area contributed by atoms with E-state index in [-0.39, 0.29) is 22.1 Å². The predicted molar refractivity (Wildman–Crippen MR) is 113 cm³/mol. The molecule has 0 heterocycles. The molecule has 2 aromatic carbocycles. The van der Waals surface area contributed by atoms with Crippen molar-refractivity contribution < 1.29 is 27.2 Å². The number of thiocarbonyl (C=S) groups is 1. The molecule has 1 aliphatic carbocycles. The zero-order valence-corrected chi connectivity index (χ0v) is 17.4. The van der Waals surface area contributed by atoms with E-state index >= 15 is 0 Å². The summed E-state index contributed by atoms with van der Waals surface area (Å²) in [6.07, 6.45) is -3.31. The van der Waals surface area contributed by atoms with Crippen LogP contribution in [0.5, 0.6) is 0 Å². The number of aldehydes is 1. The molecular formula is C21H16F4N4O2S. The number of halogens is 4. The van der Waals surface area contributed by atoms with Crippen LogP contribution in [0.1, 0.15) is 34.3 Å². The Bertz CT molecular complexity index is 1140. The van der Waals surface area contributed by atoms with Gasteiger partial charge >= 0.3 is 6.18 Å². The molecule has 0 radical (unpaired) electrons. The Morgan fingerprint density at radius 1 is 1.25 bits per heavy atom. The average molecular weight is 464 g/mol. The summed E-state index contributed by atoms with van der Waals surface area (Å²) < 4.78 is 54.3. The van der Waals surface area contributed by atoms with Crippen LogP contribution < -0.4 is 15.5 Å². The third-order valence-corrected chi connectivity index (χ3v) is 5.29. The van der Waals surface area contributed by atoms with E-state index < -0.39 is 34.6 Å². The molecule has 2 N–H and O–H groups in total. The van der Waals surface area contributed by atoms with Crippen LogP contribution in [0.4, 0.5) is 28.9 Å². The van der Waals surface area contributed by atoms with Crippen LogP contribution in [0.2, 0.25) is 0 Å². The molecular weight excluding hydrogens is 448 g/mol. The van der Waals surface area contributed by atoms with E-state index in [2.05, 4.69) is 10.6 Å². The van der Waals surface area contributed by atoms with Crippen molar-refractivity contribution >= 4 is 40.9 Å². The lowest BCUT2D eigenvalue weighted by molar-refractivity contribution is -0.137. The number of rotatable bonds is 5. The lowest BCUT2D eigenvalue weighted by atomic mass is 10.1. The molecule has 11 heteroatoms. The van der Waals surface area contributed by atoms with E-state index in [4.69, 9.17) is 17.5 Å². The molecule has 32 heavy (non-hydrogen) atoms. The Kier molecular flexibility index (Phi) is 6.18. The van der Waals surface area contributed by atoms with Crippen LogP contribution >= 0.6 is 12.2 Å². The molecule has 166 valence electrons. The number of nitrogens with zero attached hydrogens (tertiary/aromatic N) is 2. The Morgan fingerprint density at radius 3 is 2.44 bits per heavy atom. The highest BCUT2D eigenvalue weighted by Crippen LogP contribution is 2.43. The van der Waals surface area contributed by atoms with Gasteiger partial charge in [-0.05, 0) is 61.5 Å². The quantitative estimate of drug-likeness (QED) is 0.395. The summed E-state index contributed by atoms with van der Waals surface area (Å²) in [7, 11) is 1.35. The molecule has 6 nitrogen and oxygen atoms in total. The first-order chi connectivity index (χ1) is 15.1. The minimum Gasteiger partial charge on any atom is -0.355 e. The second kappa shape index (κ2) is 8.55. The number of hydrogen-bond donors (Lipinski definition) is 2. The highest BCUT2D eigenvalue weighted by Gasteiger charge is 2.50. The van der Waals surface area contributed by atoms with Crippen molar-refractivity contribution in [1.29, 1.82) is 5.26 Å². The van der Waals surface area contributed by atoms with E-state index in [1.807, 2.05) is 0 Å². The Morgan fingerprint density at radius 2 is 1.94 bits per heavy atom. The van der Waals surface area contributed by atoms with E-state index in [0.29, 0.717) is 19.1 Å². The fourth-order valence-electron chi connectivity index (χ4n) is 3.19. The van der Waals surface area contributed by atoms with Crippen molar-refractivity contribution in [3.05, 3.63) is 58.9 Å². The van der Waals surface area contributed by atoms with Crippen molar-refractivity contribution in [2.75, 3.05) is 17.3 Å². The number of nitrogens with one attached hydrogen (secondary N) is 2. The van der Waals surface area contributed by atoms with Gasteiger partial charge in [-0.2, -0.15) is 18.4 Å². The minimum absolute atomic E-state index is 0.0597. The van der Waals surface area contributed by atoms with E-state index in [9.17, 15) is 27.2 Å². The Labute approximate surface area is 185 Å². The van der Waals surface area contributed by atoms with Gasteiger partial charge in [0.15, 0.2) is 5.11 Å². The van der Waals surface area contributed by atoms with Gasteiger partial charge in [0.2, 0.25) is 0 Å². The summed E-state index contributed by atoms with van der Waals surface area (Å²) in [6.45, 7) is 0. The monoisotopic (exact) mass is 464 g/mol. The summed E-state index contributed by atoms with van der Waals surface area (Å²) in [5.41, 5.74) is -2.89. The smallest absolute Gasteiger partial charge is 0.355 e. The van der Waals surface area contributed by atoms with Crippen LogP contribution in [0.25, 0.3) is 0 Å². The minimum atomic E-state index is -4.76. The molecule has 1 aliphatic rings. The molecule has 0 saturated heterocycles. The van der Waals surface area contributed by atoms with Crippen molar-refractivity contribution in [2.45, 2.75) is 24.6 Å². The lowest BCUT2D eigenvalue weighted by Gasteiger charge is -2.31. The first-order valence-corrected chi connectivity index (χ1v) is 9.67. The second-order valence-corrected chi connectivity index (χ2v) is 7.49. The van der Waals surface area contributed by atoms with Crippen LogP contribution in [0.15, 0.2) is 36.4 Å². The topological polar surface area (TPSA) is 85.2 Å². The van der Waals surface area contributed by atoms with Gasteiger partial charge in [-0.1, -0.05) is 0 Å². The third kappa shape index (κ3) is 4.40. The predicted octanol–water partition coefficient (Wildman–Crippen LogP) is 4.01. The number of nitriles is 1. The second-order valence-electron chi connectivity index (χ2n) is 7.10. The maximum Gasteiger partial charge on any atom is 0.417 e. The number of hydrogen-bond acceptors (Lipinski definition) is 4. The summed E-state index contributed by atoms with van der Waals surface area (Å²) >= 11 is 5.35. The van der Waals surface area contributed by atoms with E-state index in [0.717, 1.165) is 18.2 Å². The number of carbonyl (C=O) groups is 2. The molecule has 3 rings (SSSR count). The Balaban J connectivity index is 1.98. The van der Waals surface area contributed by atoms with Crippen molar-refractivity contribution in [2.24, 2.45) is 0 Å². The van der Waals surface area contributed by atoms with Crippen molar-refractivity contribution in [1.82, 2.24) is 5.32 Å². The van der Waals surface area contributed by atoms with Crippen LogP contribution in [0.3, 0.4) is 0 Å². The highest BCUT2D eigenvalue weighted by molar-refractivity contribution is 7.80. The van der Waals surface area contributed by atoms with Gasteiger partial charge in [0.1, 0.15) is 17.6 Å². The molecule has 0 spiro atoms. The summed E-state index contributed by atoms with van der Waals surface area (Å²) in [4.78, 5) is 24.8. The van der Waals surface area contributed by atoms with E-state index in [1.54, 1.807) is 0 Å².